The zero-order valence-electron chi connectivity index (χ0n) is 10.9. The smallest absolute Gasteiger partial charge is 0.123 e. The summed E-state index contributed by atoms with van der Waals surface area (Å²) in [5, 5.41) is 0. The number of hydrogen-bond acceptors (Lipinski definition) is 2. The Morgan fingerprint density at radius 2 is 2.11 bits per heavy atom. The van der Waals surface area contributed by atoms with Gasteiger partial charge >= 0.3 is 0 Å². The third kappa shape index (κ3) is 2.12. The molecule has 2 aliphatic heterocycles. The molecule has 0 aromatic heterocycles. The summed E-state index contributed by atoms with van der Waals surface area (Å²) in [5.74, 6) is 0.734. The largest absolute Gasteiger partial charge is 0.487 e. The van der Waals surface area contributed by atoms with E-state index in [1.807, 2.05) is 0 Å². The van der Waals surface area contributed by atoms with Gasteiger partial charge in [0.15, 0.2) is 0 Å². The molecule has 0 bridgehead atoms. The molecule has 0 atom stereocenters. The van der Waals surface area contributed by atoms with E-state index in [9.17, 15) is 4.39 Å². The lowest BCUT2D eigenvalue weighted by atomic mass is 9.87. The van der Waals surface area contributed by atoms with Gasteiger partial charge in [0.05, 0.1) is 0 Å². The van der Waals surface area contributed by atoms with Crippen molar-refractivity contribution in [1.82, 2.24) is 4.90 Å². The van der Waals surface area contributed by atoms with E-state index in [-0.39, 0.29) is 11.4 Å². The number of halogens is 1. The Hall–Kier alpha value is -1.09. The van der Waals surface area contributed by atoms with E-state index < -0.39 is 0 Å². The fourth-order valence-corrected chi connectivity index (χ4v) is 3.18. The molecule has 18 heavy (non-hydrogen) atoms. The number of benzene rings is 1. The van der Waals surface area contributed by atoms with Crippen molar-refractivity contribution in [3.63, 3.8) is 0 Å². The van der Waals surface area contributed by atoms with Crippen LogP contribution >= 0.6 is 0 Å². The highest BCUT2D eigenvalue weighted by atomic mass is 19.1. The van der Waals surface area contributed by atoms with E-state index in [1.54, 1.807) is 12.1 Å². The van der Waals surface area contributed by atoms with Crippen LogP contribution < -0.4 is 4.74 Å². The Kier molecular flexibility index (Phi) is 3.02. The van der Waals surface area contributed by atoms with E-state index in [2.05, 4.69) is 11.8 Å². The maximum atomic E-state index is 13.2. The summed E-state index contributed by atoms with van der Waals surface area (Å²) >= 11 is 0. The predicted molar refractivity (Wildman–Crippen MR) is 69.4 cm³/mol. The van der Waals surface area contributed by atoms with Gasteiger partial charge in [-0.2, -0.15) is 0 Å². The van der Waals surface area contributed by atoms with E-state index in [0.29, 0.717) is 0 Å². The van der Waals surface area contributed by atoms with Crippen LogP contribution in [0.1, 0.15) is 31.7 Å². The zero-order valence-corrected chi connectivity index (χ0v) is 10.9. The van der Waals surface area contributed by atoms with Crippen LogP contribution in [-0.2, 0) is 6.42 Å². The molecule has 3 rings (SSSR count). The number of piperidine rings is 1. The first kappa shape index (κ1) is 12.0. The molecule has 1 saturated heterocycles. The standard InChI is InChI=1S/C15H20FNO/c1-2-7-17-8-5-15(6-9-17)11-12-10-13(16)3-4-14(12)18-15/h3-4,10H,2,5-9,11H2,1H3. The van der Waals surface area contributed by atoms with Crippen molar-refractivity contribution < 1.29 is 9.13 Å². The molecule has 98 valence electrons. The highest BCUT2D eigenvalue weighted by Gasteiger charge is 2.41. The molecular formula is C15H20FNO. The molecule has 2 nitrogen and oxygen atoms in total. The predicted octanol–water partition coefficient (Wildman–Crippen LogP) is 3.01. The molecule has 1 spiro atoms. The van der Waals surface area contributed by atoms with Crippen LogP contribution in [0.2, 0.25) is 0 Å². The van der Waals surface area contributed by atoms with Crippen molar-refractivity contribution >= 4 is 0 Å². The summed E-state index contributed by atoms with van der Waals surface area (Å²) in [5.41, 5.74) is 0.985. The van der Waals surface area contributed by atoms with Crippen LogP contribution in [0.25, 0.3) is 0 Å². The third-order valence-electron chi connectivity index (χ3n) is 4.17. The minimum atomic E-state index is -0.155. The molecule has 1 aromatic rings. The minimum Gasteiger partial charge on any atom is -0.487 e. The molecule has 0 saturated carbocycles. The van der Waals surface area contributed by atoms with Crippen LogP contribution in [0.4, 0.5) is 4.39 Å². The van der Waals surface area contributed by atoms with Crippen molar-refractivity contribution in [2.24, 2.45) is 0 Å². The summed E-state index contributed by atoms with van der Waals surface area (Å²) in [6.07, 6.45) is 4.20. The molecule has 0 aliphatic carbocycles. The molecule has 2 aliphatic rings. The van der Waals surface area contributed by atoms with Gasteiger partial charge in [0.25, 0.3) is 0 Å². The van der Waals surface area contributed by atoms with Gasteiger partial charge < -0.3 is 9.64 Å². The lowest BCUT2D eigenvalue weighted by Gasteiger charge is -2.38. The van der Waals surface area contributed by atoms with Crippen molar-refractivity contribution in [3.05, 3.63) is 29.6 Å². The van der Waals surface area contributed by atoms with E-state index >= 15 is 0 Å². The van der Waals surface area contributed by atoms with Gasteiger partial charge in [0.1, 0.15) is 17.2 Å². The lowest BCUT2D eigenvalue weighted by Crippen LogP contribution is -2.47. The van der Waals surface area contributed by atoms with Gasteiger partial charge in [-0.25, -0.2) is 4.39 Å². The minimum absolute atomic E-state index is 0.0552. The molecule has 3 heteroatoms. The second kappa shape index (κ2) is 4.54. The number of hydrogen-bond donors (Lipinski definition) is 0. The van der Waals surface area contributed by atoms with Crippen molar-refractivity contribution in [1.29, 1.82) is 0 Å². The molecule has 1 aromatic carbocycles. The first-order valence-electron chi connectivity index (χ1n) is 6.91. The number of fused-ring (bicyclic) bond motifs is 1. The SMILES string of the molecule is CCCN1CCC2(CC1)Cc1cc(F)ccc1O2. The second-order valence-corrected chi connectivity index (χ2v) is 5.56. The number of likely N-dealkylation sites (tertiary alicyclic amines) is 1. The van der Waals surface area contributed by atoms with Gasteiger partial charge in [-0.3, -0.25) is 0 Å². The first-order valence-corrected chi connectivity index (χ1v) is 6.91. The van der Waals surface area contributed by atoms with Crippen molar-refractivity contribution in [3.8, 4) is 5.75 Å². The Balaban J connectivity index is 1.70. The fraction of sp³-hybridized carbons (Fsp3) is 0.600. The van der Waals surface area contributed by atoms with Crippen LogP contribution in [-0.4, -0.2) is 30.1 Å². The van der Waals surface area contributed by atoms with Crippen molar-refractivity contribution in [2.45, 2.75) is 38.2 Å². The quantitative estimate of drug-likeness (QED) is 0.799. The number of ether oxygens (including phenoxy) is 1. The summed E-state index contributed by atoms with van der Waals surface area (Å²) in [7, 11) is 0. The zero-order chi connectivity index (χ0) is 12.6. The third-order valence-corrected chi connectivity index (χ3v) is 4.17. The summed E-state index contributed by atoms with van der Waals surface area (Å²) in [4.78, 5) is 2.50. The number of nitrogens with zero attached hydrogens (tertiary/aromatic N) is 1. The van der Waals surface area contributed by atoms with E-state index in [1.165, 1.54) is 19.0 Å². The maximum Gasteiger partial charge on any atom is 0.123 e. The van der Waals surface area contributed by atoms with Crippen LogP contribution in [0.3, 0.4) is 0 Å². The van der Waals surface area contributed by atoms with Gasteiger partial charge in [0, 0.05) is 37.9 Å². The van der Waals surface area contributed by atoms with Crippen LogP contribution in [0.5, 0.6) is 5.75 Å². The lowest BCUT2D eigenvalue weighted by molar-refractivity contribution is 0.0195. The fourth-order valence-electron chi connectivity index (χ4n) is 3.18. The van der Waals surface area contributed by atoms with Crippen LogP contribution in [0.15, 0.2) is 18.2 Å². The molecule has 0 amide bonds. The highest BCUT2D eigenvalue weighted by Crippen LogP contribution is 2.41. The molecule has 0 N–H and O–H groups in total. The normalized spacial score (nSPS) is 21.9. The first-order chi connectivity index (χ1) is 8.71. The highest BCUT2D eigenvalue weighted by molar-refractivity contribution is 5.39. The molecular weight excluding hydrogens is 229 g/mol. The van der Waals surface area contributed by atoms with Gasteiger partial charge in [-0.15, -0.1) is 0 Å². The molecule has 1 fully saturated rings. The molecule has 0 unspecified atom stereocenters. The Morgan fingerprint density at radius 1 is 1.33 bits per heavy atom. The van der Waals surface area contributed by atoms with Gasteiger partial charge in [-0.1, -0.05) is 6.92 Å². The van der Waals surface area contributed by atoms with E-state index in [0.717, 1.165) is 43.7 Å². The topological polar surface area (TPSA) is 12.5 Å². The van der Waals surface area contributed by atoms with Gasteiger partial charge in [0.2, 0.25) is 0 Å². The summed E-state index contributed by atoms with van der Waals surface area (Å²) in [6.45, 7) is 5.60. The average molecular weight is 249 g/mol. The summed E-state index contributed by atoms with van der Waals surface area (Å²) in [6, 6.07) is 4.89. The Bertz CT molecular complexity index is 438. The van der Waals surface area contributed by atoms with Gasteiger partial charge in [-0.05, 0) is 31.2 Å². The second-order valence-electron chi connectivity index (χ2n) is 5.56. The number of rotatable bonds is 2. The van der Waals surface area contributed by atoms with Crippen LogP contribution in [0, 0.1) is 5.82 Å². The van der Waals surface area contributed by atoms with E-state index in [4.69, 9.17) is 4.74 Å². The Morgan fingerprint density at radius 3 is 2.83 bits per heavy atom. The maximum absolute atomic E-state index is 13.2. The molecule has 0 radical (unpaired) electrons. The van der Waals surface area contributed by atoms with Crippen molar-refractivity contribution in [2.75, 3.05) is 19.6 Å². The summed E-state index contributed by atoms with van der Waals surface area (Å²) < 4.78 is 19.3. The molecule has 2 heterocycles. The average Bonchev–Trinajstić information content (AvgIpc) is 2.70. The Labute approximate surface area is 108 Å². The monoisotopic (exact) mass is 249 g/mol.